The Morgan fingerprint density at radius 1 is 0.793 bits per heavy atom. The van der Waals surface area contributed by atoms with Crippen molar-refractivity contribution in [1.82, 2.24) is 0 Å². The number of ether oxygens (including phenoxy) is 3. The molecule has 0 saturated heterocycles. The Labute approximate surface area is 172 Å². The van der Waals surface area contributed by atoms with Crippen LogP contribution in [-0.4, -0.2) is 13.0 Å². The topological polar surface area (TPSA) is 40.0 Å². The molecular weight excluding hydrogens is 362 g/mol. The molecule has 0 fully saturated rings. The van der Waals surface area contributed by atoms with E-state index in [-0.39, 0.29) is 0 Å². The fraction of sp³-hybridized carbons (Fsp3) is 0.160. The number of benzene rings is 3. The van der Waals surface area contributed by atoms with E-state index in [1.807, 2.05) is 93.6 Å². The van der Waals surface area contributed by atoms with Gasteiger partial charge in [0.05, 0.1) is 19.1 Å². The first-order valence-corrected chi connectivity index (χ1v) is 9.41. The molecule has 3 rings (SSSR count). The maximum Gasteiger partial charge on any atom is 0.225 e. The average Bonchev–Trinajstić information content (AvgIpc) is 2.73. The summed E-state index contributed by atoms with van der Waals surface area (Å²) in [5.41, 5.74) is 3.88. The number of methoxy groups -OCH3 is 1. The van der Waals surface area contributed by atoms with Crippen molar-refractivity contribution in [3.8, 4) is 17.2 Å². The second kappa shape index (κ2) is 9.60. The fourth-order valence-corrected chi connectivity index (χ4v) is 2.58. The zero-order valence-corrected chi connectivity index (χ0v) is 17.2. The molecule has 0 radical (unpaired) electrons. The van der Waals surface area contributed by atoms with Crippen LogP contribution in [0.25, 0.3) is 0 Å². The predicted molar refractivity (Wildman–Crippen MR) is 117 cm³/mol. The lowest BCUT2D eigenvalue weighted by molar-refractivity contribution is 0.412. The number of aryl methyl sites for hydroxylation is 2. The summed E-state index contributed by atoms with van der Waals surface area (Å²) in [5.74, 6) is 2.69. The van der Waals surface area contributed by atoms with E-state index in [0.29, 0.717) is 11.6 Å². The molecule has 0 aliphatic heterocycles. The van der Waals surface area contributed by atoms with Crippen molar-refractivity contribution in [1.29, 1.82) is 0 Å². The number of hydrogen-bond acceptors (Lipinski definition) is 4. The van der Waals surface area contributed by atoms with Crippen LogP contribution in [0.1, 0.15) is 18.1 Å². The minimum absolute atomic E-state index is 0.480. The molecule has 3 aromatic carbocycles. The summed E-state index contributed by atoms with van der Waals surface area (Å²) in [6.07, 6.45) is 1.64. The monoisotopic (exact) mass is 387 g/mol. The molecule has 3 aromatic rings. The highest BCUT2D eigenvalue weighted by molar-refractivity contribution is 5.96. The summed E-state index contributed by atoms with van der Waals surface area (Å²) < 4.78 is 17.1. The summed E-state index contributed by atoms with van der Waals surface area (Å²) in [5, 5.41) is 0. The van der Waals surface area contributed by atoms with Crippen LogP contribution in [0.2, 0.25) is 0 Å². The third-order valence-corrected chi connectivity index (χ3v) is 4.24. The summed E-state index contributed by atoms with van der Waals surface area (Å²) in [6, 6.07) is 23.2. The van der Waals surface area contributed by atoms with Gasteiger partial charge in [0, 0.05) is 5.57 Å². The van der Waals surface area contributed by atoms with Gasteiger partial charge in [-0.1, -0.05) is 29.8 Å². The fourth-order valence-electron chi connectivity index (χ4n) is 2.58. The van der Waals surface area contributed by atoms with Crippen LogP contribution >= 0.6 is 0 Å². The van der Waals surface area contributed by atoms with Crippen molar-refractivity contribution >= 4 is 11.6 Å². The smallest absolute Gasteiger partial charge is 0.225 e. The summed E-state index contributed by atoms with van der Waals surface area (Å²) in [4.78, 5) is 4.69. The number of aliphatic imine (C=N–C) groups is 1. The van der Waals surface area contributed by atoms with Crippen molar-refractivity contribution in [3.63, 3.8) is 0 Å². The molecule has 0 aliphatic rings. The largest absolute Gasteiger partial charge is 0.497 e. The van der Waals surface area contributed by atoms with Gasteiger partial charge in [0.15, 0.2) is 0 Å². The molecule has 0 aliphatic carbocycles. The van der Waals surface area contributed by atoms with E-state index in [2.05, 4.69) is 0 Å². The molecule has 0 spiro atoms. The molecule has 0 aromatic heterocycles. The van der Waals surface area contributed by atoms with E-state index in [1.165, 1.54) is 5.56 Å². The van der Waals surface area contributed by atoms with E-state index in [1.54, 1.807) is 13.4 Å². The lowest BCUT2D eigenvalue weighted by atomic mass is 10.2. The molecule has 4 heteroatoms. The minimum atomic E-state index is 0.480. The minimum Gasteiger partial charge on any atom is -0.497 e. The van der Waals surface area contributed by atoms with Crippen molar-refractivity contribution in [2.24, 2.45) is 4.99 Å². The Balaban J connectivity index is 1.86. The van der Waals surface area contributed by atoms with E-state index < -0.39 is 0 Å². The van der Waals surface area contributed by atoms with Crippen LogP contribution in [0.4, 0.5) is 5.69 Å². The van der Waals surface area contributed by atoms with Crippen LogP contribution in [0.15, 0.2) is 89.6 Å². The van der Waals surface area contributed by atoms with Crippen LogP contribution in [0.3, 0.4) is 0 Å². The molecule has 4 nitrogen and oxygen atoms in total. The Morgan fingerprint density at radius 2 is 1.48 bits per heavy atom. The van der Waals surface area contributed by atoms with Gasteiger partial charge in [0.2, 0.25) is 5.90 Å². The Bertz CT molecular complexity index is 1000. The van der Waals surface area contributed by atoms with E-state index in [4.69, 9.17) is 19.2 Å². The Hall–Kier alpha value is -3.53. The molecule has 29 heavy (non-hydrogen) atoms. The lowest BCUT2D eigenvalue weighted by Gasteiger charge is -2.11. The van der Waals surface area contributed by atoms with Gasteiger partial charge in [-0.2, -0.15) is 0 Å². The van der Waals surface area contributed by atoms with Crippen molar-refractivity contribution in [2.75, 3.05) is 7.11 Å². The molecule has 0 saturated carbocycles. The average molecular weight is 387 g/mol. The molecule has 0 N–H and O–H groups in total. The van der Waals surface area contributed by atoms with Crippen LogP contribution < -0.4 is 14.2 Å². The van der Waals surface area contributed by atoms with Crippen LogP contribution in [0.5, 0.6) is 17.2 Å². The summed E-state index contributed by atoms with van der Waals surface area (Å²) in [6.45, 7) is 5.98. The van der Waals surface area contributed by atoms with Gasteiger partial charge in [-0.15, -0.1) is 0 Å². The first kappa shape index (κ1) is 20.2. The highest BCUT2D eigenvalue weighted by Gasteiger charge is 2.08. The second-order valence-corrected chi connectivity index (χ2v) is 6.77. The maximum atomic E-state index is 6.10. The standard InChI is InChI=1S/C25H25NO3/c1-18-8-10-21(11-9-18)26-25(29-24-7-5-6-19(2)16-24)20(3)17-28-23-14-12-22(27-4)13-15-23/h5-17H,1-4H3. The highest BCUT2D eigenvalue weighted by atomic mass is 16.5. The molecule has 0 unspecified atom stereocenters. The molecule has 148 valence electrons. The predicted octanol–water partition coefficient (Wildman–Crippen LogP) is 6.40. The summed E-state index contributed by atoms with van der Waals surface area (Å²) in [7, 11) is 1.64. The van der Waals surface area contributed by atoms with Gasteiger partial charge in [-0.25, -0.2) is 4.99 Å². The molecule has 0 bridgehead atoms. The highest BCUT2D eigenvalue weighted by Crippen LogP contribution is 2.21. The molecule has 0 atom stereocenters. The SMILES string of the molecule is COc1ccc(OC=C(C)C(=Nc2ccc(C)cc2)Oc2cccc(C)c2)cc1. The molecule has 0 heterocycles. The number of nitrogens with zero attached hydrogens (tertiary/aromatic N) is 1. The zero-order valence-electron chi connectivity index (χ0n) is 17.2. The van der Waals surface area contributed by atoms with Crippen molar-refractivity contribution in [3.05, 3.63) is 95.8 Å². The first-order valence-electron chi connectivity index (χ1n) is 9.41. The Kier molecular flexibility index (Phi) is 6.69. The van der Waals surface area contributed by atoms with Gasteiger partial charge >= 0.3 is 0 Å². The Morgan fingerprint density at radius 3 is 2.14 bits per heavy atom. The van der Waals surface area contributed by atoms with Crippen LogP contribution in [0, 0.1) is 13.8 Å². The van der Waals surface area contributed by atoms with Crippen molar-refractivity contribution < 1.29 is 14.2 Å². The number of rotatable bonds is 6. The first-order chi connectivity index (χ1) is 14.0. The van der Waals surface area contributed by atoms with Gasteiger partial charge in [-0.05, 0) is 74.9 Å². The van der Waals surface area contributed by atoms with Crippen molar-refractivity contribution in [2.45, 2.75) is 20.8 Å². The third-order valence-electron chi connectivity index (χ3n) is 4.24. The second-order valence-electron chi connectivity index (χ2n) is 6.77. The van der Waals surface area contributed by atoms with E-state index in [9.17, 15) is 0 Å². The van der Waals surface area contributed by atoms with Gasteiger partial charge in [0.1, 0.15) is 17.2 Å². The lowest BCUT2D eigenvalue weighted by Crippen LogP contribution is -2.11. The maximum absolute atomic E-state index is 6.10. The molecule has 0 amide bonds. The molecular formula is C25H25NO3. The summed E-state index contributed by atoms with van der Waals surface area (Å²) >= 11 is 0. The van der Waals surface area contributed by atoms with Crippen LogP contribution in [-0.2, 0) is 0 Å². The quantitative estimate of drug-likeness (QED) is 0.279. The third kappa shape index (κ3) is 5.98. The zero-order chi connectivity index (χ0) is 20.6. The van der Waals surface area contributed by atoms with E-state index in [0.717, 1.165) is 28.3 Å². The van der Waals surface area contributed by atoms with Gasteiger partial charge < -0.3 is 14.2 Å². The van der Waals surface area contributed by atoms with Gasteiger partial charge in [-0.3, -0.25) is 0 Å². The normalized spacial score (nSPS) is 11.9. The number of hydrogen-bond donors (Lipinski definition) is 0. The van der Waals surface area contributed by atoms with Gasteiger partial charge in [0.25, 0.3) is 0 Å². The van der Waals surface area contributed by atoms with E-state index >= 15 is 0 Å².